The fourth-order valence-electron chi connectivity index (χ4n) is 2.76. The number of phenolic OH excluding ortho intramolecular Hbond substituents is 1. The van der Waals surface area contributed by atoms with E-state index < -0.39 is 0 Å². The number of carbonyl (C=O) groups is 1. The molecule has 5 heteroatoms. The molecule has 1 heterocycles. The molecule has 1 aromatic rings. The fourth-order valence-corrected chi connectivity index (χ4v) is 3.00. The number of hydrogen-bond donors (Lipinski definition) is 1. The molecule has 1 aliphatic rings. The van der Waals surface area contributed by atoms with E-state index in [0.717, 1.165) is 19.6 Å². The van der Waals surface area contributed by atoms with E-state index >= 15 is 0 Å². The lowest BCUT2D eigenvalue weighted by Crippen LogP contribution is -2.57. The largest absolute Gasteiger partial charge is 0.507 e. The van der Waals surface area contributed by atoms with Crippen LogP contribution in [0.25, 0.3) is 0 Å². The highest BCUT2D eigenvalue weighted by molar-refractivity contribution is 6.31. The Bertz CT molecular complexity index is 557. The van der Waals surface area contributed by atoms with Gasteiger partial charge in [0.15, 0.2) is 5.78 Å². The SMILES string of the molecule is CC(=O)c1cc(Cl)cc(CN2CCN(C)C(C)(C)C2)c1O. The van der Waals surface area contributed by atoms with Crippen LogP contribution in [0.2, 0.25) is 5.02 Å². The normalized spacial score (nSPS) is 19.7. The number of hydrogen-bond acceptors (Lipinski definition) is 4. The number of rotatable bonds is 3. The van der Waals surface area contributed by atoms with Crippen molar-refractivity contribution in [3.05, 3.63) is 28.3 Å². The van der Waals surface area contributed by atoms with Gasteiger partial charge in [-0.3, -0.25) is 14.6 Å². The molecule has 1 aromatic carbocycles. The van der Waals surface area contributed by atoms with Gasteiger partial charge in [-0.05, 0) is 40.0 Å². The minimum atomic E-state index is -0.171. The van der Waals surface area contributed by atoms with E-state index in [0.29, 0.717) is 22.7 Å². The number of phenols is 1. The summed E-state index contributed by atoms with van der Waals surface area (Å²) in [6.07, 6.45) is 0. The molecule has 0 aromatic heterocycles. The van der Waals surface area contributed by atoms with Crippen LogP contribution in [0.15, 0.2) is 12.1 Å². The summed E-state index contributed by atoms with van der Waals surface area (Å²) >= 11 is 6.07. The van der Waals surface area contributed by atoms with Gasteiger partial charge in [-0.15, -0.1) is 0 Å². The number of nitrogens with zero attached hydrogens (tertiary/aromatic N) is 2. The summed E-state index contributed by atoms with van der Waals surface area (Å²) < 4.78 is 0. The molecule has 0 saturated carbocycles. The Hall–Kier alpha value is -1.10. The summed E-state index contributed by atoms with van der Waals surface area (Å²) in [4.78, 5) is 16.2. The quantitative estimate of drug-likeness (QED) is 0.872. The second kappa shape index (κ2) is 5.95. The molecule has 0 atom stereocenters. The van der Waals surface area contributed by atoms with Gasteiger partial charge < -0.3 is 5.11 Å². The predicted molar refractivity (Wildman–Crippen MR) is 85.1 cm³/mol. The summed E-state index contributed by atoms with van der Waals surface area (Å²) in [5, 5.41) is 10.8. The van der Waals surface area contributed by atoms with Crippen molar-refractivity contribution in [2.45, 2.75) is 32.9 Å². The van der Waals surface area contributed by atoms with Gasteiger partial charge in [-0.2, -0.15) is 0 Å². The highest BCUT2D eigenvalue weighted by Gasteiger charge is 2.31. The summed E-state index contributed by atoms with van der Waals surface area (Å²) in [5.41, 5.74) is 1.11. The van der Waals surface area contributed by atoms with Crippen molar-refractivity contribution in [1.82, 2.24) is 9.80 Å². The molecule has 1 aliphatic heterocycles. The number of aromatic hydroxyl groups is 1. The number of ketones is 1. The number of piperazine rings is 1. The molecule has 1 saturated heterocycles. The molecule has 1 fully saturated rings. The van der Waals surface area contributed by atoms with Gasteiger partial charge in [-0.1, -0.05) is 11.6 Å². The van der Waals surface area contributed by atoms with E-state index in [1.54, 1.807) is 6.07 Å². The Labute approximate surface area is 131 Å². The number of carbonyl (C=O) groups excluding carboxylic acids is 1. The third-order valence-electron chi connectivity index (χ3n) is 4.32. The molecule has 4 nitrogen and oxygen atoms in total. The summed E-state index contributed by atoms with van der Waals surface area (Å²) in [5.74, 6) is -0.112. The average Bonchev–Trinajstić information content (AvgIpc) is 2.37. The van der Waals surface area contributed by atoms with Gasteiger partial charge in [0, 0.05) is 42.3 Å². The molecule has 1 N–H and O–H groups in total. The lowest BCUT2D eigenvalue weighted by Gasteiger charge is -2.45. The van der Waals surface area contributed by atoms with E-state index in [4.69, 9.17) is 11.6 Å². The first-order valence-electron chi connectivity index (χ1n) is 7.16. The Kier molecular flexibility index (Phi) is 4.61. The molecule has 116 valence electrons. The maximum atomic E-state index is 11.6. The number of Topliss-reactive ketones (excluding diaryl/α,β-unsaturated/α-hetero) is 1. The van der Waals surface area contributed by atoms with E-state index in [1.165, 1.54) is 13.0 Å². The highest BCUT2D eigenvalue weighted by Crippen LogP contribution is 2.30. The molecule has 21 heavy (non-hydrogen) atoms. The topological polar surface area (TPSA) is 43.8 Å². The Morgan fingerprint density at radius 2 is 2.05 bits per heavy atom. The average molecular weight is 311 g/mol. The summed E-state index contributed by atoms with van der Waals surface area (Å²) in [6.45, 7) is 9.27. The minimum Gasteiger partial charge on any atom is -0.507 e. The maximum Gasteiger partial charge on any atom is 0.163 e. The van der Waals surface area contributed by atoms with Gasteiger partial charge in [0.1, 0.15) is 5.75 Å². The second-order valence-corrected chi connectivity index (χ2v) is 6.90. The highest BCUT2D eigenvalue weighted by atomic mass is 35.5. The van der Waals surface area contributed by atoms with Crippen molar-refractivity contribution in [2.24, 2.45) is 0 Å². The number of benzene rings is 1. The van der Waals surface area contributed by atoms with Crippen LogP contribution in [0.1, 0.15) is 36.7 Å². The van der Waals surface area contributed by atoms with Gasteiger partial charge >= 0.3 is 0 Å². The first-order valence-corrected chi connectivity index (χ1v) is 7.54. The zero-order valence-corrected chi connectivity index (χ0v) is 13.9. The van der Waals surface area contributed by atoms with E-state index in [2.05, 4.69) is 30.7 Å². The predicted octanol–water partition coefficient (Wildman–Crippen LogP) is 2.77. The Balaban J connectivity index is 2.22. The molecule has 0 radical (unpaired) electrons. The van der Waals surface area contributed by atoms with Crippen LogP contribution >= 0.6 is 11.6 Å². The molecule has 0 amide bonds. The van der Waals surface area contributed by atoms with Crippen LogP contribution in [0.3, 0.4) is 0 Å². The molecule has 0 bridgehead atoms. The maximum absolute atomic E-state index is 11.6. The molecular weight excluding hydrogens is 288 g/mol. The van der Waals surface area contributed by atoms with Crippen LogP contribution < -0.4 is 0 Å². The van der Waals surface area contributed by atoms with Crippen molar-refractivity contribution in [3.8, 4) is 5.75 Å². The summed E-state index contributed by atoms with van der Waals surface area (Å²) in [7, 11) is 2.13. The van der Waals surface area contributed by atoms with Gasteiger partial charge in [-0.25, -0.2) is 0 Å². The second-order valence-electron chi connectivity index (χ2n) is 6.46. The smallest absolute Gasteiger partial charge is 0.163 e. The van der Waals surface area contributed by atoms with Crippen LogP contribution in [-0.4, -0.2) is 52.9 Å². The summed E-state index contributed by atoms with van der Waals surface area (Å²) in [6, 6.07) is 3.27. The Morgan fingerprint density at radius 1 is 1.38 bits per heavy atom. The molecule has 0 spiro atoms. The van der Waals surface area contributed by atoms with E-state index in [-0.39, 0.29) is 17.1 Å². The van der Waals surface area contributed by atoms with Crippen molar-refractivity contribution < 1.29 is 9.90 Å². The lowest BCUT2D eigenvalue weighted by molar-refractivity contribution is 0.0356. The Morgan fingerprint density at radius 3 is 2.62 bits per heavy atom. The van der Waals surface area contributed by atoms with Crippen molar-refractivity contribution >= 4 is 17.4 Å². The van der Waals surface area contributed by atoms with Crippen molar-refractivity contribution in [3.63, 3.8) is 0 Å². The van der Waals surface area contributed by atoms with Crippen LogP contribution in [0.4, 0.5) is 0 Å². The molecule has 0 unspecified atom stereocenters. The number of likely N-dealkylation sites (N-methyl/N-ethyl adjacent to an activating group) is 1. The van der Waals surface area contributed by atoms with Gasteiger partial charge in [0.25, 0.3) is 0 Å². The van der Waals surface area contributed by atoms with Crippen LogP contribution in [-0.2, 0) is 6.54 Å². The third-order valence-corrected chi connectivity index (χ3v) is 4.54. The third kappa shape index (κ3) is 3.57. The lowest BCUT2D eigenvalue weighted by atomic mass is 9.98. The zero-order chi connectivity index (χ0) is 15.8. The first kappa shape index (κ1) is 16.3. The van der Waals surface area contributed by atoms with Gasteiger partial charge in [0.2, 0.25) is 0 Å². The zero-order valence-electron chi connectivity index (χ0n) is 13.1. The molecule has 2 rings (SSSR count). The van der Waals surface area contributed by atoms with E-state index in [9.17, 15) is 9.90 Å². The van der Waals surface area contributed by atoms with Crippen molar-refractivity contribution in [1.29, 1.82) is 0 Å². The van der Waals surface area contributed by atoms with Gasteiger partial charge in [0.05, 0.1) is 5.56 Å². The van der Waals surface area contributed by atoms with Crippen LogP contribution in [0, 0.1) is 0 Å². The molecular formula is C16H23ClN2O2. The monoisotopic (exact) mass is 310 g/mol. The van der Waals surface area contributed by atoms with Crippen LogP contribution in [0.5, 0.6) is 5.75 Å². The number of halogens is 1. The van der Waals surface area contributed by atoms with Crippen molar-refractivity contribution in [2.75, 3.05) is 26.7 Å². The minimum absolute atomic E-state index is 0.0589. The molecule has 0 aliphatic carbocycles. The van der Waals surface area contributed by atoms with E-state index in [1.807, 2.05) is 0 Å². The fraction of sp³-hybridized carbons (Fsp3) is 0.562. The first-order chi connectivity index (χ1) is 9.70. The standard InChI is InChI=1S/C16H23ClN2O2/c1-11(20)14-8-13(17)7-12(15(14)21)9-19-6-5-18(4)16(2,3)10-19/h7-8,21H,5-6,9-10H2,1-4H3.